The van der Waals surface area contributed by atoms with Crippen molar-refractivity contribution >= 4 is 24.7 Å². The van der Waals surface area contributed by atoms with Crippen LogP contribution in [0.5, 0.6) is 0 Å². The van der Waals surface area contributed by atoms with Crippen molar-refractivity contribution in [2.45, 2.75) is 78.6 Å². The van der Waals surface area contributed by atoms with E-state index in [2.05, 4.69) is 5.32 Å². The van der Waals surface area contributed by atoms with Crippen molar-refractivity contribution in [3.05, 3.63) is 23.8 Å². The second kappa shape index (κ2) is 7.79. The van der Waals surface area contributed by atoms with Crippen LogP contribution in [-0.4, -0.2) is 30.3 Å². The molecule has 0 saturated heterocycles. The largest absolute Gasteiger partial charge is 0.444 e. The summed E-state index contributed by atoms with van der Waals surface area (Å²) in [5.74, 6) is 0. The zero-order valence-corrected chi connectivity index (χ0v) is 16.8. The summed E-state index contributed by atoms with van der Waals surface area (Å²) in [4.78, 5) is 12.0. The Bertz CT molecular complexity index is 602. The van der Waals surface area contributed by atoms with E-state index in [9.17, 15) is 4.79 Å². The summed E-state index contributed by atoms with van der Waals surface area (Å²) in [6.45, 7) is 15.3. The molecule has 0 unspecified atom stereocenters. The van der Waals surface area contributed by atoms with Gasteiger partial charge < -0.3 is 15.1 Å². The SMILES string of the molecule is CCc1cc([B]OC(C)(C)C(C)(C)N)ccc1NC(=O)OC(C)(C)C. The maximum atomic E-state index is 12.0. The molecule has 0 saturated carbocycles. The van der Waals surface area contributed by atoms with Crippen molar-refractivity contribution in [3.63, 3.8) is 0 Å². The fourth-order valence-electron chi connectivity index (χ4n) is 1.88. The molecule has 1 radical (unpaired) electrons. The molecule has 0 fully saturated rings. The molecule has 0 aliphatic rings. The Morgan fingerprint density at radius 1 is 1.16 bits per heavy atom. The molecule has 1 amide bonds. The van der Waals surface area contributed by atoms with Crippen LogP contribution in [0.2, 0.25) is 0 Å². The molecule has 1 rings (SSSR count). The van der Waals surface area contributed by atoms with Gasteiger partial charge in [-0.3, -0.25) is 5.32 Å². The van der Waals surface area contributed by atoms with Crippen molar-refractivity contribution in [1.82, 2.24) is 0 Å². The van der Waals surface area contributed by atoms with Crippen molar-refractivity contribution < 1.29 is 14.2 Å². The fraction of sp³-hybridized carbons (Fsp3) is 0.632. The highest BCUT2D eigenvalue weighted by Gasteiger charge is 2.34. The van der Waals surface area contributed by atoms with Gasteiger partial charge in [-0.1, -0.05) is 24.5 Å². The Hall–Kier alpha value is -1.53. The van der Waals surface area contributed by atoms with E-state index in [1.807, 2.05) is 73.6 Å². The number of nitrogens with two attached hydrogens (primary N) is 1. The van der Waals surface area contributed by atoms with Crippen LogP contribution < -0.4 is 16.5 Å². The number of amides is 1. The molecule has 0 spiro atoms. The Labute approximate surface area is 152 Å². The molecule has 0 aliphatic heterocycles. The number of hydrogen-bond donors (Lipinski definition) is 2. The number of carbonyl (C=O) groups is 1. The molecule has 0 aromatic heterocycles. The molecule has 139 valence electrons. The van der Waals surface area contributed by atoms with E-state index < -0.39 is 22.8 Å². The second-order valence-corrected chi connectivity index (χ2v) is 8.36. The standard InChI is InChI=1S/C19H32BN2O3/c1-9-13-12-14(20-25-19(7,8)18(5,6)21)10-11-15(13)22-16(23)24-17(2,3)4/h10-12H,9,21H2,1-8H3,(H,22,23). The summed E-state index contributed by atoms with van der Waals surface area (Å²) in [6.07, 6.45) is 0.319. The molecule has 0 heterocycles. The van der Waals surface area contributed by atoms with Crippen LogP contribution in [0.3, 0.4) is 0 Å². The molecule has 0 aliphatic carbocycles. The van der Waals surface area contributed by atoms with Crippen LogP contribution in [0.15, 0.2) is 18.2 Å². The van der Waals surface area contributed by atoms with Gasteiger partial charge in [-0.2, -0.15) is 0 Å². The Morgan fingerprint density at radius 3 is 2.24 bits per heavy atom. The number of rotatable bonds is 6. The number of hydrogen-bond acceptors (Lipinski definition) is 4. The van der Waals surface area contributed by atoms with Crippen LogP contribution in [0, 0.1) is 0 Å². The lowest BCUT2D eigenvalue weighted by Gasteiger charge is -2.38. The highest BCUT2D eigenvalue weighted by Crippen LogP contribution is 2.22. The van der Waals surface area contributed by atoms with Crippen LogP contribution in [0.1, 0.15) is 61.0 Å². The third kappa shape index (κ3) is 6.71. The monoisotopic (exact) mass is 347 g/mol. The normalized spacial score (nSPS) is 12.7. The summed E-state index contributed by atoms with van der Waals surface area (Å²) < 4.78 is 11.2. The van der Waals surface area contributed by atoms with Gasteiger partial charge in [0.15, 0.2) is 0 Å². The summed E-state index contributed by atoms with van der Waals surface area (Å²) in [7, 11) is 1.71. The fourth-order valence-corrected chi connectivity index (χ4v) is 1.88. The van der Waals surface area contributed by atoms with E-state index >= 15 is 0 Å². The third-order valence-corrected chi connectivity index (χ3v) is 4.19. The number of nitrogens with one attached hydrogen (secondary N) is 1. The van der Waals surface area contributed by atoms with Gasteiger partial charge in [0.1, 0.15) is 5.60 Å². The number of aryl methyl sites for hydroxylation is 1. The molecule has 1 aromatic carbocycles. The van der Waals surface area contributed by atoms with E-state index in [0.29, 0.717) is 0 Å². The number of ether oxygens (including phenoxy) is 1. The molecule has 5 nitrogen and oxygen atoms in total. The zero-order chi connectivity index (χ0) is 19.5. The topological polar surface area (TPSA) is 73.6 Å². The van der Waals surface area contributed by atoms with Crippen LogP contribution in [-0.2, 0) is 15.8 Å². The van der Waals surface area contributed by atoms with Gasteiger partial charge in [-0.25, -0.2) is 4.79 Å². The molecule has 3 N–H and O–H groups in total. The number of carbonyl (C=O) groups excluding carboxylic acids is 1. The minimum Gasteiger partial charge on any atom is -0.444 e. The van der Waals surface area contributed by atoms with E-state index in [4.69, 9.17) is 15.1 Å². The quantitative estimate of drug-likeness (QED) is 0.774. The first kappa shape index (κ1) is 21.5. The highest BCUT2D eigenvalue weighted by molar-refractivity contribution is 6.47. The van der Waals surface area contributed by atoms with E-state index in [-0.39, 0.29) is 0 Å². The summed E-state index contributed by atoms with van der Waals surface area (Å²) in [6, 6.07) is 5.75. The average molecular weight is 347 g/mol. The molecule has 6 heteroatoms. The maximum Gasteiger partial charge on any atom is 0.412 e. The summed E-state index contributed by atoms with van der Waals surface area (Å²) >= 11 is 0. The predicted molar refractivity (Wildman–Crippen MR) is 104 cm³/mol. The highest BCUT2D eigenvalue weighted by atomic mass is 16.6. The number of anilines is 1. The predicted octanol–water partition coefficient (Wildman–Crippen LogP) is 3.37. The van der Waals surface area contributed by atoms with Gasteiger partial charge in [0.05, 0.1) is 5.60 Å². The third-order valence-electron chi connectivity index (χ3n) is 4.19. The summed E-state index contributed by atoms with van der Waals surface area (Å²) in [5, 5.41) is 2.81. The second-order valence-electron chi connectivity index (χ2n) is 8.36. The molecule has 25 heavy (non-hydrogen) atoms. The first-order chi connectivity index (χ1) is 11.2. The maximum absolute atomic E-state index is 12.0. The lowest BCUT2D eigenvalue weighted by atomic mass is 9.80. The van der Waals surface area contributed by atoms with Crippen LogP contribution in [0.4, 0.5) is 10.5 Å². The molecular formula is C19H32BN2O3. The Morgan fingerprint density at radius 2 is 1.76 bits per heavy atom. The Balaban J connectivity index is 2.83. The van der Waals surface area contributed by atoms with Crippen molar-refractivity contribution in [1.29, 1.82) is 0 Å². The average Bonchev–Trinajstić information content (AvgIpc) is 2.43. The first-order valence-electron chi connectivity index (χ1n) is 8.68. The van der Waals surface area contributed by atoms with Gasteiger partial charge >= 0.3 is 13.6 Å². The van der Waals surface area contributed by atoms with Crippen molar-refractivity contribution in [2.24, 2.45) is 5.73 Å². The van der Waals surface area contributed by atoms with Crippen LogP contribution in [0.25, 0.3) is 0 Å². The molecule has 0 atom stereocenters. The minimum absolute atomic E-state index is 0.457. The molecular weight excluding hydrogens is 315 g/mol. The van der Waals surface area contributed by atoms with Gasteiger partial charge in [-0.15, -0.1) is 0 Å². The Kier molecular flexibility index (Phi) is 6.71. The summed E-state index contributed by atoms with van der Waals surface area (Å²) in [5.41, 5.74) is 7.31. The van der Waals surface area contributed by atoms with E-state index in [1.54, 1.807) is 7.48 Å². The van der Waals surface area contributed by atoms with Crippen molar-refractivity contribution in [3.8, 4) is 0 Å². The van der Waals surface area contributed by atoms with Gasteiger partial charge in [0, 0.05) is 11.2 Å². The smallest absolute Gasteiger partial charge is 0.412 e. The lowest BCUT2D eigenvalue weighted by molar-refractivity contribution is 0.0462. The minimum atomic E-state index is -0.529. The zero-order valence-electron chi connectivity index (χ0n) is 16.8. The van der Waals surface area contributed by atoms with E-state index in [1.165, 1.54) is 0 Å². The van der Waals surface area contributed by atoms with E-state index in [0.717, 1.165) is 23.1 Å². The van der Waals surface area contributed by atoms with Crippen LogP contribution >= 0.6 is 0 Å². The van der Waals surface area contributed by atoms with Gasteiger partial charge in [0.25, 0.3) is 0 Å². The van der Waals surface area contributed by atoms with Gasteiger partial charge in [0.2, 0.25) is 0 Å². The van der Waals surface area contributed by atoms with Crippen molar-refractivity contribution in [2.75, 3.05) is 5.32 Å². The first-order valence-corrected chi connectivity index (χ1v) is 8.68. The molecule has 0 bridgehead atoms. The lowest BCUT2D eigenvalue weighted by Crippen LogP contribution is -2.55. The van der Waals surface area contributed by atoms with Gasteiger partial charge in [-0.05, 0) is 66.5 Å². The molecule has 1 aromatic rings. The number of benzene rings is 1.